The van der Waals surface area contributed by atoms with E-state index in [-0.39, 0.29) is 12.7 Å². The van der Waals surface area contributed by atoms with E-state index >= 15 is 0 Å². The van der Waals surface area contributed by atoms with Crippen LogP contribution >= 0.6 is 24.0 Å². The number of anilines is 1. The molecule has 17 heavy (non-hydrogen) atoms. The van der Waals surface area contributed by atoms with E-state index in [1.165, 1.54) is 11.8 Å². The molecule has 2 aliphatic rings. The lowest BCUT2D eigenvalue weighted by atomic mass is 10.2. The Hall–Kier alpha value is -1.27. The van der Waals surface area contributed by atoms with Crippen LogP contribution in [0.1, 0.15) is 6.42 Å². The number of benzene rings is 1. The van der Waals surface area contributed by atoms with Gasteiger partial charge in [0.15, 0.2) is 11.5 Å². The monoisotopic (exact) mass is 267 g/mol. The summed E-state index contributed by atoms with van der Waals surface area (Å²) in [4.78, 5) is 13.4. The predicted octanol–water partition coefficient (Wildman–Crippen LogP) is 2.17. The van der Waals surface area contributed by atoms with E-state index in [0.717, 1.165) is 11.4 Å². The topological polar surface area (TPSA) is 38.8 Å². The van der Waals surface area contributed by atoms with E-state index < -0.39 is 0 Å². The normalized spacial score (nSPS) is 18.7. The summed E-state index contributed by atoms with van der Waals surface area (Å²) in [5, 5.41) is 0. The molecule has 1 aromatic carbocycles. The van der Waals surface area contributed by atoms with Gasteiger partial charge in [0.2, 0.25) is 12.7 Å². The zero-order chi connectivity index (χ0) is 11.8. The third kappa shape index (κ3) is 1.87. The van der Waals surface area contributed by atoms with Crippen LogP contribution in [0.5, 0.6) is 11.5 Å². The molecule has 88 valence electrons. The van der Waals surface area contributed by atoms with Crippen molar-refractivity contribution in [3.63, 3.8) is 0 Å². The van der Waals surface area contributed by atoms with Gasteiger partial charge in [-0.25, -0.2) is 0 Å². The van der Waals surface area contributed by atoms with Crippen LogP contribution in [0.3, 0.4) is 0 Å². The summed E-state index contributed by atoms with van der Waals surface area (Å²) in [6.45, 7) is 0.228. The summed E-state index contributed by atoms with van der Waals surface area (Å²) in [6, 6.07) is 5.41. The van der Waals surface area contributed by atoms with Crippen molar-refractivity contribution in [2.45, 2.75) is 6.42 Å². The first-order chi connectivity index (χ1) is 8.25. The van der Waals surface area contributed by atoms with Crippen LogP contribution in [0.4, 0.5) is 5.69 Å². The van der Waals surface area contributed by atoms with E-state index in [0.29, 0.717) is 22.2 Å². The molecule has 1 saturated heterocycles. The molecule has 0 aromatic heterocycles. The van der Waals surface area contributed by atoms with Crippen molar-refractivity contribution in [3.05, 3.63) is 18.2 Å². The summed E-state index contributed by atoms with van der Waals surface area (Å²) < 4.78 is 11.1. The first-order valence-electron chi connectivity index (χ1n) is 5.15. The molecule has 0 unspecified atom stereocenters. The number of hydrogen-bond donors (Lipinski definition) is 0. The van der Waals surface area contributed by atoms with Gasteiger partial charge in [0.05, 0.1) is 5.69 Å². The van der Waals surface area contributed by atoms with Crippen molar-refractivity contribution >= 4 is 39.9 Å². The van der Waals surface area contributed by atoms with Gasteiger partial charge in [-0.1, -0.05) is 24.0 Å². The molecule has 0 saturated carbocycles. The van der Waals surface area contributed by atoms with Gasteiger partial charge < -0.3 is 9.47 Å². The summed E-state index contributed by atoms with van der Waals surface area (Å²) in [5.41, 5.74) is 0.747. The highest BCUT2D eigenvalue weighted by Gasteiger charge is 2.26. The standard InChI is InChI=1S/C11H9NO3S2/c13-10-3-4-17-11(16)12(10)7-1-2-8-9(5-7)15-6-14-8/h1-2,5H,3-4,6H2. The van der Waals surface area contributed by atoms with Crippen molar-refractivity contribution in [2.75, 3.05) is 17.4 Å². The molecule has 6 heteroatoms. The Morgan fingerprint density at radius 1 is 1.29 bits per heavy atom. The molecule has 0 radical (unpaired) electrons. The Balaban J connectivity index is 1.97. The van der Waals surface area contributed by atoms with E-state index in [4.69, 9.17) is 21.7 Å². The first-order valence-corrected chi connectivity index (χ1v) is 6.54. The minimum absolute atomic E-state index is 0.0348. The molecule has 0 bridgehead atoms. The Bertz CT molecular complexity index is 487. The van der Waals surface area contributed by atoms with Crippen molar-refractivity contribution in [3.8, 4) is 11.5 Å². The molecular formula is C11H9NO3S2. The highest BCUT2D eigenvalue weighted by Crippen LogP contribution is 2.37. The highest BCUT2D eigenvalue weighted by atomic mass is 32.2. The fraction of sp³-hybridized carbons (Fsp3) is 0.273. The predicted molar refractivity (Wildman–Crippen MR) is 69.7 cm³/mol. The van der Waals surface area contributed by atoms with Gasteiger partial charge in [-0.2, -0.15) is 0 Å². The molecule has 0 atom stereocenters. The Morgan fingerprint density at radius 3 is 2.94 bits per heavy atom. The van der Waals surface area contributed by atoms with Gasteiger partial charge in [0.1, 0.15) is 4.32 Å². The van der Waals surface area contributed by atoms with Gasteiger partial charge in [-0.15, -0.1) is 0 Å². The fourth-order valence-corrected chi connectivity index (χ4v) is 3.02. The molecule has 3 rings (SSSR count). The third-order valence-corrected chi connectivity index (χ3v) is 3.96. The zero-order valence-electron chi connectivity index (χ0n) is 8.84. The van der Waals surface area contributed by atoms with Gasteiger partial charge in [0.25, 0.3) is 0 Å². The number of amides is 1. The maximum absolute atomic E-state index is 11.9. The second-order valence-electron chi connectivity index (χ2n) is 3.63. The lowest BCUT2D eigenvalue weighted by Gasteiger charge is -2.26. The number of carbonyl (C=O) groups is 1. The van der Waals surface area contributed by atoms with E-state index in [2.05, 4.69) is 0 Å². The number of carbonyl (C=O) groups excluding carboxylic acids is 1. The smallest absolute Gasteiger partial charge is 0.233 e. The van der Waals surface area contributed by atoms with Crippen LogP contribution < -0.4 is 14.4 Å². The van der Waals surface area contributed by atoms with Crippen LogP contribution in [0.2, 0.25) is 0 Å². The van der Waals surface area contributed by atoms with Gasteiger partial charge in [-0.3, -0.25) is 9.69 Å². The van der Waals surface area contributed by atoms with Gasteiger partial charge >= 0.3 is 0 Å². The van der Waals surface area contributed by atoms with Crippen molar-refractivity contribution in [2.24, 2.45) is 0 Å². The Morgan fingerprint density at radius 2 is 2.12 bits per heavy atom. The van der Waals surface area contributed by atoms with Crippen LogP contribution in [-0.4, -0.2) is 22.8 Å². The number of rotatable bonds is 1. The van der Waals surface area contributed by atoms with Crippen molar-refractivity contribution in [1.29, 1.82) is 0 Å². The van der Waals surface area contributed by atoms with Crippen molar-refractivity contribution in [1.82, 2.24) is 0 Å². The molecule has 2 aliphatic heterocycles. The second-order valence-corrected chi connectivity index (χ2v) is 5.36. The Labute approximate surface area is 108 Å². The molecule has 1 fully saturated rings. The molecule has 0 N–H and O–H groups in total. The maximum atomic E-state index is 11.9. The first kappa shape index (κ1) is 10.9. The molecule has 2 heterocycles. The maximum Gasteiger partial charge on any atom is 0.233 e. The molecule has 1 aromatic rings. The number of thioether (sulfide) groups is 1. The largest absolute Gasteiger partial charge is 0.454 e. The van der Waals surface area contributed by atoms with Gasteiger partial charge in [0, 0.05) is 18.2 Å². The number of nitrogens with zero attached hydrogens (tertiary/aromatic N) is 1. The van der Waals surface area contributed by atoms with Crippen LogP contribution in [0.25, 0.3) is 0 Å². The SMILES string of the molecule is O=C1CCSC(=S)N1c1ccc2c(c1)OCO2. The highest BCUT2D eigenvalue weighted by molar-refractivity contribution is 8.23. The number of ether oxygens (including phenoxy) is 2. The van der Waals surface area contributed by atoms with E-state index in [9.17, 15) is 4.79 Å². The van der Waals surface area contributed by atoms with E-state index in [1.54, 1.807) is 17.0 Å². The molecule has 4 nitrogen and oxygen atoms in total. The van der Waals surface area contributed by atoms with Crippen molar-refractivity contribution < 1.29 is 14.3 Å². The quantitative estimate of drug-likeness (QED) is 0.729. The van der Waals surface area contributed by atoms with Crippen LogP contribution in [-0.2, 0) is 4.79 Å². The Kier molecular flexibility index (Phi) is 2.68. The summed E-state index contributed by atoms with van der Waals surface area (Å²) in [7, 11) is 0. The number of thiocarbonyl (C=S) groups is 1. The van der Waals surface area contributed by atoms with Gasteiger partial charge in [-0.05, 0) is 12.1 Å². The minimum Gasteiger partial charge on any atom is -0.454 e. The number of hydrogen-bond acceptors (Lipinski definition) is 5. The van der Waals surface area contributed by atoms with Crippen LogP contribution in [0.15, 0.2) is 18.2 Å². The third-order valence-electron chi connectivity index (χ3n) is 2.59. The average molecular weight is 267 g/mol. The lowest BCUT2D eigenvalue weighted by Crippen LogP contribution is -2.37. The minimum atomic E-state index is 0.0348. The fourth-order valence-electron chi connectivity index (χ4n) is 1.78. The zero-order valence-corrected chi connectivity index (χ0v) is 10.5. The number of fused-ring (bicyclic) bond motifs is 1. The van der Waals surface area contributed by atoms with E-state index in [1.807, 2.05) is 6.07 Å². The van der Waals surface area contributed by atoms with Crippen LogP contribution in [0, 0.1) is 0 Å². The molecule has 0 spiro atoms. The second kappa shape index (κ2) is 4.19. The molecule has 0 aliphatic carbocycles. The lowest BCUT2D eigenvalue weighted by molar-refractivity contribution is -0.117. The molecule has 1 amide bonds. The summed E-state index contributed by atoms with van der Waals surface area (Å²) >= 11 is 6.73. The summed E-state index contributed by atoms with van der Waals surface area (Å²) in [5.74, 6) is 2.16. The summed E-state index contributed by atoms with van der Waals surface area (Å²) in [6.07, 6.45) is 0.513. The average Bonchev–Trinajstić information content (AvgIpc) is 2.76. The molecular weight excluding hydrogens is 258 g/mol.